The van der Waals surface area contributed by atoms with Crippen LogP contribution in [0.25, 0.3) is 11.4 Å². The standard InChI is InChI=1S/C20H19N7O4/c21-7-12-2-1-3-14(6-12)18-25-17(22)16(20(26-18)31-15-4-5-29-11-15)19(28)27-30-10-13-8-23-24-9-13/h1-3,6,8-9,15H,4-5,10-11H2,(H,23,24)(H,27,28)(H2,22,25,26)/t15-/m0/s1. The number of aromatic amines is 1. The van der Waals surface area contributed by atoms with Gasteiger partial charge >= 0.3 is 0 Å². The summed E-state index contributed by atoms with van der Waals surface area (Å²) in [6, 6.07) is 8.82. The van der Waals surface area contributed by atoms with E-state index in [9.17, 15) is 4.79 Å². The number of nitrogens with zero attached hydrogens (tertiary/aromatic N) is 4. The lowest BCUT2D eigenvalue weighted by Gasteiger charge is -2.16. The van der Waals surface area contributed by atoms with Gasteiger partial charge in [-0.25, -0.2) is 10.5 Å². The summed E-state index contributed by atoms with van der Waals surface area (Å²) < 4.78 is 11.3. The van der Waals surface area contributed by atoms with Crippen molar-refractivity contribution in [3.63, 3.8) is 0 Å². The number of ether oxygens (including phenoxy) is 2. The Morgan fingerprint density at radius 3 is 3.06 bits per heavy atom. The van der Waals surface area contributed by atoms with E-state index in [-0.39, 0.29) is 35.8 Å². The first-order chi connectivity index (χ1) is 15.1. The fourth-order valence-corrected chi connectivity index (χ4v) is 2.97. The van der Waals surface area contributed by atoms with Crippen LogP contribution in [0.4, 0.5) is 5.82 Å². The van der Waals surface area contributed by atoms with Gasteiger partial charge in [0.1, 0.15) is 24.1 Å². The molecule has 0 aliphatic carbocycles. The number of carbonyl (C=O) groups is 1. The third kappa shape index (κ3) is 4.77. The third-order valence-corrected chi connectivity index (χ3v) is 4.51. The van der Waals surface area contributed by atoms with Crippen LogP contribution in [0.1, 0.15) is 27.9 Å². The Balaban J connectivity index is 1.62. The molecule has 31 heavy (non-hydrogen) atoms. The number of nitrogens with two attached hydrogens (primary N) is 1. The molecule has 2 aromatic heterocycles. The first-order valence-electron chi connectivity index (χ1n) is 9.46. The van der Waals surface area contributed by atoms with Gasteiger partial charge in [0.05, 0.1) is 31.0 Å². The molecule has 0 saturated carbocycles. The molecule has 1 amide bonds. The Kier molecular flexibility index (Phi) is 6.02. The van der Waals surface area contributed by atoms with Crippen molar-refractivity contribution in [1.29, 1.82) is 5.26 Å². The summed E-state index contributed by atoms with van der Waals surface area (Å²) in [7, 11) is 0. The summed E-state index contributed by atoms with van der Waals surface area (Å²) in [4.78, 5) is 26.7. The Labute approximate surface area is 177 Å². The molecule has 0 radical (unpaired) electrons. The molecule has 4 N–H and O–H groups in total. The maximum Gasteiger partial charge on any atom is 0.284 e. The first kappa shape index (κ1) is 20.3. The summed E-state index contributed by atoms with van der Waals surface area (Å²) in [5.41, 5.74) is 10.2. The fraction of sp³-hybridized carbons (Fsp3) is 0.250. The topological polar surface area (TPSA) is 161 Å². The molecule has 158 valence electrons. The number of rotatable bonds is 7. The zero-order chi connectivity index (χ0) is 21.6. The maximum atomic E-state index is 12.8. The maximum absolute atomic E-state index is 12.8. The smallest absolute Gasteiger partial charge is 0.284 e. The van der Waals surface area contributed by atoms with Gasteiger partial charge in [0, 0.05) is 23.7 Å². The van der Waals surface area contributed by atoms with E-state index in [1.807, 2.05) is 0 Å². The molecule has 11 heteroatoms. The molecule has 4 rings (SSSR count). The number of aromatic nitrogens is 4. The van der Waals surface area contributed by atoms with Crippen LogP contribution in [-0.2, 0) is 16.2 Å². The van der Waals surface area contributed by atoms with Gasteiger partial charge < -0.3 is 15.2 Å². The van der Waals surface area contributed by atoms with Crippen molar-refractivity contribution >= 4 is 11.7 Å². The summed E-state index contributed by atoms with van der Waals surface area (Å²) in [6.45, 7) is 1.04. The van der Waals surface area contributed by atoms with Crippen molar-refractivity contribution in [3.05, 3.63) is 53.3 Å². The van der Waals surface area contributed by atoms with Crippen molar-refractivity contribution in [2.24, 2.45) is 0 Å². The molecule has 1 aliphatic heterocycles. The van der Waals surface area contributed by atoms with E-state index in [0.717, 1.165) is 5.56 Å². The number of hydrogen-bond acceptors (Lipinski definition) is 9. The van der Waals surface area contributed by atoms with Gasteiger partial charge in [0.2, 0.25) is 5.88 Å². The number of nitrogens with one attached hydrogen (secondary N) is 2. The second kappa shape index (κ2) is 9.21. The van der Waals surface area contributed by atoms with Gasteiger partial charge in [0.15, 0.2) is 5.82 Å². The molecule has 1 aliphatic rings. The van der Waals surface area contributed by atoms with E-state index in [1.165, 1.54) is 0 Å². The van der Waals surface area contributed by atoms with E-state index in [0.29, 0.717) is 30.8 Å². The molecule has 3 aromatic rings. The normalized spacial score (nSPS) is 15.4. The Morgan fingerprint density at radius 2 is 2.32 bits per heavy atom. The number of hydroxylamine groups is 1. The van der Waals surface area contributed by atoms with E-state index in [2.05, 4.69) is 31.7 Å². The molecule has 1 fully saturated rings. The van der Waals surface area contributed by atoms with Crippen LogP contribution in [0.2, 0.25) is 0 Å². The number of hydrogen-bond donors (Lipinski definition) is 3. The van der Waals surface area contributed by atoms with E-state index < -0.39 is 5.91 Å². The highest BCUT2D eigenvalue weighted by molar-refractivity contribution is 6.00. The number of amides is 1. The van der Waals surface area contributed by atoms with Crippen LogP contribution < -0.4 is 16.0 Å². The minimum absolute atomic E-state index is 0.0183. The SMILES string of the molecule is N#Cc1cccc(-c2nc(N)c(C(=O)NOCc3cn[nH]c3)c(O[C@H]3CCOC3)n2)c1. The average Bonchev–Trinajstić information content (AvgIpc) is 3.48. The third-order valence-electron chi connectivity index (χ3n) is 4.51. The number of nitriles is 1. The van der Waals surface area contributed by atoms with E-state index in [1.54, 1.807) is 36.7 Å². The van der Waals surface area contributed by atoms with E-state index in [4.69, 9.17) is 25.3 Å². The fourth-order valence-electron chi connectivity index (χ4n) is 2.97. The minimum Gasteiger partial charge on any atom is -0.471 e. The molecule has 1 atom stereocenters. The van der Waals surface area contributed by atoms with Gasteiger partial charge in [-0.3, -0.25) is 14.7 Å². The van der Waals surface area contributed by atoms with Gasteiger partial charge in [-0.1, -0.05) is 12.1 Å². The van der Waals surface area contributed by atoms with Gasteiger partial charge in [-0.2, -0.15) is 15.3 Å². The second-order valence-electron chi connectivity index (χ2n) is 6.74. The second-order valence-corrected chi connectivity index (χ2v) is 6.74. The number of H-pyrrole nitrogens is 1. The highest BCUT2D eigenvalue weighted by Crippen LogP contribution is 2.28. The molecular formula is C20H19N7O4. The lowest BCUT2D eigenvalue weighted by Crippen LogP contribution is -2.27. The molecule has 0 bridgehead atoms. The van der Waals surface area contributed by atoms with Crippen LogP contribution in [-0.4, -0.2) is 45.4 Å². The van der Waals surface area contributed by atoms with Crippen molar-refractivity contribution < 1.29 is 19.1 Å². The molecule has 1 saturated heterocycles. The number of nitrogen functional groups attached to an aromatic ring is 1. The Bertz CT molecular complexity index is 1110. The quantitative estimate of drug-likeness (QED) is 0.478. The molecule has 11 nitrogen and oxygen atoms in total. The first-order valence-corrected chi connectivity index (χ1v) is 9.46. The minimum atomic E-state index is -0.646. The zero-order valence-electron chi connectivity index (χ0n) is 16.4. The number of benzene rings is 1. The van der Waals surface area contributed by atoms with Gasteiger partial charge in [-0.05, 0) is 12.1 Å². The molecule has 0 spiro atoms. The van der Waals surface area contributed by atoms with Gasteiger partial charge in [0.25, 0.3) is 5.91 Å². The van der Waals surface area contributed by atoms with Crippen molar-refractivity contribution in [1.82, 2.24) is 25.6 Å². The molecule has 0 unspecified atom stereocenters. The van der Waals surface area contributed by atoms with Crippen LogP contribution in [0.15, 0.2) is 36.7 Å². The molecule has 1 aromatic carbocycles. The average molecular weight is 421 g/mol. The number of anilines is 1. The summed E-state index contributed by atoms with van der Waals surface area (Å²) >= 11 is 0. The largest absolute Gasteiger partial charge is 0.471 e. The van der Waals surface area contributed by atoms with Gasteiger partial charge in [-0.15, -0.1) is 0 Å². The highest BCUT2D eigenvalue weighted by atomic mass is 16.7. The lowest BCUT2D eigenvalue weighted by atomic mass is 10.1. The summed E-state index contributed by atoms with van der Waals surface area (Å²) in [5, 5.41) is 15.6. The van der Waals surface area contributed by atoms with Crippen molar-refractivity contribution in [2.45, 2.75) is 19.1 Å². The predicted octanol–water partition coefficient (Wildman–Crippen LogP) is 1.35. The van der Waals surface area contributed by atoms with Crippen LogP contribution >= 0.6 is 0 Å². The summed E-state index contributed by atoms with van der Waals surface area (Å²) in [5.74, 6) is -0.470. The monoisotopic (exact) mass is 421 g/mol. The number of carbonyl (C=O) groups excluding carboxylic acids is 1. The van der Waals surface area contributed by atoms with Crippen molar-refractivity contribution in [3.8, 4) is 23.3 Å². The van der Waals surface area contributed by atoms with E-state index >= 15 is 0 Å². The molecule has 3 heterocycles. The Hall–Kier alpha value is -4.01. The van der Waals surface area contributed by atoms with Crippen LogP contribution in [0, 0.1) is 11.3 Å². The van der Waals surface area contributed by atoms with Crippen LogP contribution in [0.5, 0.6) is 5.88 Å². The van der Waals surface area contributed by atoms with Crippen molar-refractivity contribution in [2.75, 3.05) is 18.9 Å². The lowest BCUT2D eigenvalue weighted by molar-refractivity contribution is 0.0229. The zero-order valence-corrected chi connectivity index (χ0v) is 16.4. The van der Waals surface area contributed by atoms with Crippen LogP contribution in [0.3, 0.4) is 0 Å². The molecular weight excluding hydrogens is 402 g/mol. The highest BCUT2D eigenvalue weighted by Gasteiger charge is 2.26. The summed E-state index contributed by atoms with van der Waals surface area (Å²) in [6.07, 6.45) is 3.59. The predicted molar refractivity (Wildman–Crippen MR) is 107 cm³/mol. The Morgan fingerprint density at radius 1 is 1.42 bits per heavy atom.